The van der Waals surface area contributed by atoms with Gasteiger partial charge in [0.1, 0.15) is 22.7 Å². The van der Waals surface area contributed by atoms with Crippen molar-refractivity contribution in [2.24, 2.45) is 0 Å². The van der Waals surface area contributed by atoms with E-state index in [1.807, 2.05) is 47.8 Å². The Hall–Kier alpha value is -4.01. The highest BCUT2D eigenvalue weighted by atomic mass is 35.5. The molecule has 7 nitrogen and oxygen atoms in total. The Balaban J connectivity index is 1.50. The number of rotatable bonds is 7. The second-order valence-corrected chi connectivity index (χ2v) is 8.73. The Bertz CT molecular complexity index is 1460. The van der Waals surface area contributed by atoms with Crippen LogP contribution in [0.25, 0.3) is 22.2 Å². The summed E-state index contributed by atoms with van der Waals surface area (Å²) in [7, 11) is 0. The highest BCUT2D eigenvalue weighted by Gasteiger charge is 2.24. The number of hydrogen-bond acceptors (Lipinski definition) is 7. The fraction of sp³-hybridized carbons (Fsp3) is 0.0769. The van der Waals surface area contributed by atoms with Gasteiger partial charge in [0.05, 0.1) is 11.1 Å². The summed E-state index contributed by atoms with van der Waals surface area (Å²) in [6.07, 6.45) is 1.58. The van der Waals surface area contributed by atoms with Crippen molar-refractivity contribution in [2.45, 2.75) is 6.04 Å². The molecule has 3 aromatic carbocycles. The first-order valence-electron chi connectivity index (χ1n) is 10.7. The number of hydrogen-bond donors (Lipinski definition) is 2. The summed E-state index contributed by atoms with van der Waals surface area (Å²) in [5.74, 6) is 0.177. The normalized spacial score (nSPS) is 11.8. The molecule has 0 aliphatic heterocycles. The van der Waals surface area contributed by atoms with Crippen molar-refractivity contribution in [1.29, 1.82) is 0 Å². The van der Waals surface area contributed by atoms with Gasteiger partial charge in [0.25, 0.3) is 5.91 Å². The fourth-order valence-electron chi connectivity index (χ4n) is 3.77. The summed E-state index contributed by atoms with van der Waals surface area (Å²) in [6.45, 7) is -0.191. The first-order valence-corrected chi connectivity index (χ1v) is 11.9. The summed E-state index contributed by atoms with van der Waals surface area (Å²) < 4.78 is 9.51. The molecule has 0 saturated carbocycles. The predicted molar refractivity (Wildman–Crippen MR) is 136 cm³/mol. The monoisotopic (exact) mass is 502 g/mol. The lowest BCUT2D eigenvalue weighted by molar-refractivity contribution is -0.123. The van der Waals surface area contributed by atoms with Crippen LogP contribution in [0.15, 0.2) is 84.4 Å². The first-order chi connectivity index (χ1) is 17.1. The Morgan fingerprint density at radius 2 is 1.89 bits per heavy atom. The molecule has 2 aromatic heterocycles. The van der Waals surface area contributed by atoms with E-state index in [1.165, 1.54) is 11.5 Å². The van der Waals surface area contributed by atoms with E-state index in [2.05, 4.69) is 19.9 Å². The van der Waals surface area contributed by atoms with Gasteiger partial charge in [-0.25, -0.2) is 0 Å². The van der Waals surface area contributed by atoms with Gasteiger partial charge < -0.3 is 15.2 Å². The number of aromatic hydroxyl groups is 1. The molecular weight excluding hydrogens is 484 g/mol. The lowest BCUT2D eigenvalue weighted by Crippen LogP contribution is -2.33. The van der Waals surface area contributed by atoms with E-state index >= 15 is 0 Å². The zero-order valence-electron chi connectivity index (χ0n) is 18.3. The molecule has 0 fully saturated rings. The van der Waals surface area contributed by atoms with Gasteiger partial charge in [-0.1, -0.05) is 58.6 Å². The maximum atomic E-state index is 12.9. The minimum absolute atomic E-state index is 0.0490. The molecule has 9 heteroatoms. The number of phenolic OH excluding ortho intramolecular Hbond substituents is 1. The lowest BCUT2D eigenvalue weighted by Gasteiger charge is -2.22. The summed E-state index contributed by atoms with van der Waals surface area (Å²) in [5.41, 5.74) is 3.19. The van der Waals surface area contributed by atoms with Crippen LogP contribution in [-0.4, -0.2) is 32.2 Å². The van der Waals surface area contributed by atoms with Gasteiger partial charge in [0, 0.05) is 28.1 Å². The van der Waals surface area contributed by atoms with E-state index < -0.39 is 6.04 Å². The van der Waals surface area contributed by atoms with E-state index in [-0.39, 0.29) is 18.3 Å². The molecule has 2 heterocycles. The van der Waals surface area contributed by atoms with E-state index in [0.717, 1.165) is 16.8 Å². The molecule has 5 rings (SSSR count). The fourth-order valence-corrected chi connectivity index (χ4v) is 4.51. The number of phenols is 1. The number of carbonyl (C=O) groups is 1. The van der Waals surface area contributed by atoms with E-state index in [0.29, 0.717) is 27.2 Å². The second-order valence-electron chi connectivity index (χ2n) is 7.71. The average Bonchev–Trinajstić information content (AvgIpc) is 3.44. The largest absolute Gasteiger partial charge is 0.505 e. The topological polar surface area (TPSA) is 97.2 Å². The number of ether oxygens (including phenoxy) is 1. The Labute approximate surface area is 210 Å². The third kappa shape index (κ3) is 4.94. The predicted octanol–water partition coefficient (Wildman–Crippen LogP) is 5.40. The molecular formula is C26H19ClN4O3S. The molecule has 1 atom stereocenters. The van der Waals surface area contributed by atoms with Crippen LogP contribution >= 0.6 is 23.1 Å². The number of halogens is 1. The minimum atomic E-state index is -0.701. The number of aromatic nitrogens is 3. The molecule has 174 valence electrons. The Kier molecular flexibility index (Phi) is 6.56. The number of nitrogens with zero attached hydrogens (tertiary/aromatic N) is 3. The van der Waals surface area contributed by atoms with Crippen LogP contribution in [0.1, 0.15) is 17.2 Å². The van der Waals surface area contributed by atoms with Crippen LogP contribution in [0.4, 0.5) is 0 Å². The molecule has 0 bridgehead atoms. The third-order valence-electron chi connectivity index (χ3n) is 5.47. The van der Waals surface area contributed by atoms with Crippen LogP contribution < -0.4 is 10.1 Å². The standard InChI is InChI=1S/C26H19ClN4O3S/c27-21-13-20(26(33)25-19(21)7-4-12-28-25)24(29-23(32)14-34-18-5-2-1-3-6-18)17-10-8-16(9-11-17)22-15-35-31-30-22/h1-13,15,24,33H,14H2,(H,29,32). The van der Waals surface area contributed by atoms with Crippen molar-refractivity contribution >= 4 is 39.9 Å². The minimum Gasteiger partial charge on any atom is -0.505 e. The molecule has 0 aliphatic rings. The number of fused-ring (bicyclic) bond motifs is 1. The zero-order chi connectivity index (χ0) is 24.2. The second kappa shape index (κ2) is 10.1. The number of nitrogens with one attached hydrogen (secondary N) is 1. The molecule has 0 spiro atoms. The van der Waals surface area contributed by atoms with Gasteiger partial charge in [-0.05, 0) is 47.4 Å². The highest BCUT2D eigenvalue weighted by molar-refractivity contribution is 7.03. The van der Waals surface area contributed by atoms with Crippen LogP contribution in [0, 0.1) is 0 Å². The van der Waals surface area contributed by atoms with Gasteiger partial charge >= 0.3 is 0 Å². The van der Waals surface area contributed by atoms with E-state index in [1.54, 1.807) is 36.5 Å². The van der Waals surface area contributed by atoms with Crippen molar-refractivity contribution in [3.8, 4) is 22.8 Å². The maximum Gasteiger partial charge on any atom is 0.258 e. The van der Waals surface area contributed by atoms with Crippen LogP contribution in [-0.2, 0) is 4.79 Å². The summed E-state index contributed by atoms with van der Waals surface area (Å²) in [6, 6.07) is 21.1. The molecule has 1 amide bonds. The quantitative estimate of drug-likeness (QED) is 0.309. The first kappa shape index (κ1) is 22.8. The van der Waals surface area contributed by atoms with Crippen LogP contribution in [0.2, 0.25) is 5.02 Å². The van der Waals surface area contributed by atoms with Gasteiger partial charge in [-0.2, -0.15) is 0 Å². The van der Waals surface area contributed by atoms with Gasteiger partial charge in [0.15, 0.2) is 6.61 Å². The smallest absolute Gasteiger partial charge is 0.258 e. The number of para-hydroxylation sites is 1. The lowest BCUT2D eigenvalue weighted by atomic mass is 9.95. The number of pyridine rings is 1. The van der Waals surface area contributed by atoms with E-state index in [9.17, 15) is 9.90 Å². The maximum absolute atomic E-state index is 12.9. The third-order valence-corrected chi connectivity index (χ3v) is 6.29. The number of benzene rings is 3. The molecule has 35 heavy (non-hydrogen) atoms. The highest BCUT2D eigenvalue weighted by Crippen LogP contribution is 2.38. The summed E-state index contributed by atoms with van der Waals surface area (Å²) in [5, 5.41) is 21.1. The van der Waals surface area contributed by atoms with Crippen molar-refractivity contribution in [3.63, 3.8) is 0 Å². The molecule has 0 radical (unpaired) electrons. The van der Waals surface area contributed by atoms with Crippen LogP contribution in [0.5, 0.6) is 11.5 Å². The summed E-state index contributed by atoms with van der Waals surface area (Å²) >= 11 is 7.81. The van der Waals surface area contributed by atoms with Crippen molar-refractivity contribution < 1.29 is 14.6 Å². The molecule has 0 aliphatic carbocycles. The SMILES string of the molecule is O=C(COc1ccccc1)NC(c1ccc(-c2csnn2)cc1)c1cc(Cl)c2cccnc2c1O. The zero-order valence-corrected chi connectivity index (χ0v) is 19.8. The Morgan fingerprint density at radius 3 is 2.63 bits per heavy atom. The van der Waals surface area contributed by atoms with Crippen molar-refractivity contribution in [2.75, 3.05) is 6.61 Å². The molecule has 2 N–H and O–H groups in total. The van der Waals surface area contributed by atoms with Crippen molar-refractivity contribution in [1.82, 2.24) is 19.9 Å². The molecule has 0 saturated heterocycles. The molecule has 1 unspecified atom stereocenters. The average molecular weight is 503 g/mol. The van der Waals surface area contributed by atoms with Gasteiger partial charge in [0.2, 0.25) is 0 Å². The van der Waals surface area contributed by atoms with Gasteiger partial charge in [-0.3, -0.25) is 9.78 Å². The van der Waals surface area contributed by atoms with E-state index in [4.69, 9.17) is 16.3 Å². The van der Waals surface area contributed by atoms with Crippen molar-refractivity contribution in [3.05, 3.63) is 101 Å². The number of amides is 1. The molecule has 5 aromatic rings. The Morgan fingerprint density at radius 1 is 1.09 bits per heavy atom. The van der Waals surface area contributed by atoms with Crippen LogP contribution in [0.3, 0.4) is 0 Å². The summed E-state index contributed by atoms with van der Waals surface area (Å²) in [4.78, 5) is 17.2. The van der Waals surface area contributed by atoms with Gasteiger partial charge in [-0.15, -0.1) is 5.10 Å². The number of carbonyl (C=O) groups excluding carboxylic acids is 1.